The highest BCUT2D eigenvalue weighted by Gasteiger charge is 2.31. The molecule has 7 N–H and O–H groups in total. The van der Waals surface area contributed by atoms with Crippen LogP contribution in [0.2, 0.25) is 0 Å². The molecule has 0 aliphatic rings. The maximum atomic E-state index is 13.8. The van der Waals surface area contributed by atoms with E-state index >= 15 is 0 Å². The molecule has 0 saturated heterocycles. The minimum atomic E-state index is -1.23. The Kier molecular flexibility index (Phi) is 12.6. The summed E-state index contributed by atoms with van der Waals surface area (Å²) < 4.78 is 0. The fourth-order valence-corrected chi connectivity index (χ4v) is 4.40. The number of nitrogens with two attached hydrogens (primary N) is 1. The van der Waals surface area contributed by atoms with Crippen molar-refractivity contribution in [2.45, 2.75) is 63.3 Å². The van der Waals surface area contributed by atoms with E-state index < -0.39 is 59.8 Å². The van der Waals surface area contributed by atoms with E-state index in [1.165, 1.54) is 13.8 Å². The summed E-state index contributed by atoms with van der Waals surface area (Å²) in [4.78, 5) is 64.5. The lowest BCUT2D eigenvalue weighted by Crippen LogP contribution is -2.59. The molecule has 232 valence electrons. The van der Waals surface area contributed by atoms with Gasteiger partial charge in [-0.2, -0.15) is 0 Å². The van der Waals surface area contributed by atoms with Crippen molar-refractivity contribution in [3.63, 3.8) is 0 Å². The van der Waals surface area contributed by atoms with Crippen LogP contribution in [0.4, 0.5) is 0 Å². The Morgan fingerprint density at radius 3 is 1.14 bits per heavy atom. The van der Waals surface area contributed by atoms with Crippen molar-refractivity contribution in [2.75, 3.05) is 0 Å². The summed E-state index contributed by atoms with van der Waals surface area (Å²) in [6.07, 6.45) is 0.317. The fraction of sp³-hybridized carbons (Fsp3) is 0.303. The molecule has 0 fully saturated rings. The SMILES string of the molecule is C[C@H](N)C(=O)N[C@@H](Cc1ccccc1)C(=O)N[C@@H](Cc1ccccc1)C(=O)N[C@@H](Cc1ccccc1)C(=O)N[C@@H](C)C(=O)O. The first-order chi connectivity index (χ1) is 21.0. The first kappa shape index (κ1) is 33.5. The van der Waals surface area contributed by atoms with Crippen LogP contribution in [0.5, 0.6) is 0 Å². The molecule has 0 aromatic heterocycles. The van der Waals surface area contributed by atoms with E-state index in [1.807, 2.05) is 42.5 Å². The van der Waals surface area contributed by atoms with Crippen LogP contribution < -0.4 is 27.0 Å². The summed E-state index contributed by atoms with van der Waals surface area (Å²) in [5, 5.41) is 19.9. The van der Waals surface area contributed by atoms with E-state index in [1.54, 1.807) is 48.5 Å². The number of carbonyl (C=O) groups is 5. The largest absolute Gasteiger partial charge is 0.480 e. The van der Waals surface area contributed by atoms with Crippen LogP contribution in [0.15, 0.2) is 91.0 Å². The maximum absolute atomic E-state index is 13.8. The Morgan fingerprint density at radius 2 is 0.841 bits per heavy atom. The second kappa shape index (κ2) is 16.6. The molecule has 0 saturated carbocycles. The lowest BCUT2D eigenvalue weighted by atomic mass is 10.0. The Morgan fingerprint density at radius 1 is 0.545 bits per heavy atom. The van der Waals surface area contributed by atoms with Crippen molar-refractivity contribution >= 4 is 29.6 Å². The van der Waals surface area contributed by atoms with Crippen molar-refractivity contribution in [3.8, 4) is 0 Å². The van der Waals surface area contributed by atoms with Crippen LogP contribution >= 0.6 is 0 Å². The number of amides is 4. The van der Waals surface area contributed by atoms with Crippen LogP contribution in [-0.4, -0.2) is 64.9 Å². The monoisotopic (exact) mass is 601 g/mol. The van der Waals surface area contributed by atoms with Crippen LogP contribution in [0.1, 0.15) is 30.5 Å². The van der Waals surface area contributed by atoms with Gasteiger partial charge >= 0.3 is 5.97 Å². The molecule has 3 aromatic rings. The zero-order chi connectivity index (χ0) is 32.1. The van der Waals surface area contributed by atoms with Gasteiger partial charge in [0.2, 0.25) is 23.6 Å². The summed E-state index contributed by atoms with van der Waals surface area (Å²) in [7, 11) is 0. The molecule has 3 rings (SSSR count). The van der Waals surface area contributed by atoms with Gasteiger partial charge in [-0.1, -0.05) is 91.0 Å². The van der Waals surface area contributed by atoms with Gasteiger partial charge in [0.15, 0.2) is 0 Å². The zero-order valence-corrected chi connectivity index (χ0v) is 24.7. The summed E-state index contributed by atoms with van der Waals surface area (Å²) in [5.74, 6) is -3.71. The van der Waals surface area contributed by atoms with Crippen LogP contribution in [-0.2, 0) is 43.2 Å². The molecular formula is C33H39N5O6. The Labute approximate surface area is 256 Å². The number of carbonyl (C=O) groups excluding carboxylic acids is 4. The van der Waals surface area contributed by atoms with Gasteiger partial charge in [0.25, 0.3) is 0 Å². The van der Waals surface area contributed by atoms with E-state index in [0.29, 0.717) is 0 Å². The van der Waals surface area contributed by atoms with Crippen molar-refractivity contribution in [1.29, 1.82) is 0 Å². The van der Waals surface area contributed by atoms with Gasteiger partial charge in [-0.3, -0.25) is 24.0 Å². The van der Waals surface area contributed by atoms with Crippen LogP contribution in [0.3, 0.4) is 0 Å². The maximum Gasteiger partial charge on any atom is 0.325 e. The average Bonchev–Trinajstić information content (AvgIpc) is 3.01. The van der Waals surface area contributed by atoms with Gasteiger partial charge in [-0.25, -0.2) is 0 Å². The first-order valence-corrected chi connectivity index (χ1v) is 14.3. The summed E-state index contributed by atoms with van der Waals surface area (Å²) in [6, 6.07) is 21.7. The van der Waals surface area contributed by atoms with Crippen LogP contribution in [0, 0.1) is 0 Å². The molecule has 0 spiro atoms. The van der Waals surface area contributed by atoms with Crippen molar-refractivity contribution < 1.29 is 29.1 Å². The number of hydrogen-bond donors (Lipinski definition) is 6. The molecule has 44 heavy (non-hydrogen) atoms. The van der Waals surface area contributed by atoms with E-state index in [0.717, 1.165) is 16.7 Å². The number of rotatable bonds is 15. The predicted octanol–water partition coefficient (Wildman–Crippen LogP) is 1.11. The second-order valence-electron chi connectivity index (χ2n) is 10.6. The number of aliphatic carboxylic acids is 1. The summed E-state index contributed by atoms with van der Waals surface area (Å²) in [6.45, 7) is 2.82. The quantitative estimate of drug-likeness (QED) is 0.151. The highest BCUT2D eigenvalue weighted by molar-refractivity contribution is 5.95. The Balaban J connectivity index is 1.88. The van der Waals surface area contributed by atoms with Gasteiger partial charge < -0.3 is 32.1 Å². The van der Waals surface area contributed by atoms with E-state index in [-0.39, 0.29) is 19.3 Å². The molecule has 11 heteroatoms. The molecule has 0 aliphatic carbocycles. The minimum absolute atomic E-state index is 0.0812. The molecule has 0 aliphatic heterocycles. The van der Waals surface area contributed by atoms with E-state index in [9.17, 15) is 29.1 Å². The molecular weight excluding hydrogens is 562 g/mol. The molecule has 0 unspecified atom stereocenters. The molecule has 11 nitrogen and oxygen atoms in total. The minimum Gasteiger partial charge on any atom is -0.480 e. The fourth-order valence-electron chi connectivity index (χ4n) is 4.40. The average molecular weight is 602 g/mol. The molecule has 3 aromatic carbocycles. The van der Waals surface area contributed by atoms with Crippen molar-refractivity contribution in [3.05, 3.63) is 108 Å². The van der Waals surface area contributed by atoms with Gasteiger partial charge in [-0.15, -0.1) is 0 Å². The van der Waals surface area contributed by atoms with Gasteiger partial charge in [0, 0.05) is 19.3 Å². The van der Waals surface area contributed by atoms with E-state index in [2.05, 4.69) is 21.3 Å². The highest BCUT2D eigenvalue weighted by atomic mass is 16.4. The summed E-state index contributed by atoms with van der Waals surface area (Å²) in [5.41, 5.74) is 8.02. The highest BCUT2D eigenvalue weighted by Crippen LogP contribution is 2.09. The lowest BCUT2D eigenvalue weighted by Gasteiger charge is -2.26. The molecule has 5 atom stereocenters. The predicted molar refractivity (Wildman–Crippen MR) is 165 cm³/mol. The number of carboxylic acid groups (broad SMARTS) is 1. The molecule has 4 amide bonds. The number of benzene rings is 3. The lowest BCUT2D eigenvalue weighted by molar-refractivity contribution is -0.141. The van der Waals surface area contributed by atoms with Crippen molar-refractivity contribution in [2.24, 2.45) is 5.73 Å². The number of nitrogens with one attached hydrogen (secondary N) is 4. The third-order valence-corrected chi connectivity index (χ3v) is 6.89. The zero-order valence-electron chi connectivity index (χ0n) is 24.7. The van der Waals surface area contributed by atoms with Gasteiger partial charge in [0.1, 0.15) is 24.2 Å². The molecule has 0 bridgehead atoms. The third kappa shape index (κ3) is 10.7. The number of carboxylic acids is 1. The van der Waals surface area contributed by atoms with Gasteiger partial charge in [0.05, 0.1) is 6.04 Å². The Bertz CT molecular complexity index is 1400. The second-order valence-corrected chi connectivity index (χ2v) is 10.6. The standard InChI is InChI=1S/C33H39N5O6/c1-21(34)29(39)36-27(19-24-14-8-4-9-15-24)31(41)38-28(20-25-16-10-5-11-17-25)32(42)37-26(18-23-12-6-3-7-13-23)30(40)35-22(2)33(43)44/h3-17,21-22,26-28H,18-20,34H2,1-2H3,(H,35,40)(H,36,39)(H,37,42)(H,38,41)(H,43,44)/t21-,22-,26-,27-,28-/m0/s1. The third-order valence-electron chi connectivity index (χ3n) is 6.89. The normalized spacial score (nSPS) is 14.2. The van der Waals surface area contributed by atoms with Gasteiger partial charge in [-0.05, 0) is 30.5 Å². The Hall–Kier alpha value is -5.03. The van der Waals surface area contributed by atoms with Crippen LogP contribution in [0.25, 0.3) is 0 Å². The first-order valence-electron chi connectivity index (χ1n) is 14.3. The van der Waals surface area contributed by atoms with E-state index in [4.69, 9.17) is 5.73 Å². The topological polar surface area (TPSA) is 180 Å². The molecule has 0 heterocycles. The molecule has 0 radical (unpaired) electrons. The summed E-state index contributed by atoms with van der Waals surface area (Å²) >= 11 is 0. The number of hydrogen-bond acceptors (Lipinski definition) is 6. The smallest absolute Gasteiger partial charge is 0.325 e. The van der Waals surface area contributed by atoms with Crippen molar-refractivity contribution in [1.82, 2.24) is 21.3 Å².